The summed E-state index contributed by atoms with van der Waals surface area (Å²) in [7, 11) is 1.38. The van der Waals surface area contributed by atoms with Gasteiger partial charge >= 0.3 is 5.97 Å². The fourth-order valence-corrected chi connectivity index (χ4v) is 4.84. The molecule has 5 nitrogen and oxygen atoms in total. The van der Waals surface area contributed by atoms with Gasteiger partial charge in [0, 0.05) is 37.3 Å². The zero-order chi connectivity index (χ0) is 20.0. The average molecular weight is 390 g/mol. The van der Waals surface area contributed by atoms with Crippen LogP contribution >= 0.6 is 0 Å². The third kappa shape index (κ3) is 3.23. The third-order valence-corrected chi connectivity index (χ3v) is 6.80. The highest BCUT2D eigenvalue weighted by Gasteiger charge is 2.39. The Hall–Kier alpha value is -2.66. The van der Waals surface area contributed by atoms with Gasteiger partial charge in [-0.2, -0.15) is 0 Å². The Morgan fingerprint density at radius 1 is 1.00 bits per heavy atom. The summed E-state index contributed by atoms with van der Waals surface area (Å²) in [4.78, 5) is 29.3. The lowest BCUT2D eigenvalue weighted by molar-refractivity contribution is 0.0600. The number of carbonyl (C=O) groups is 2. The summed E-state index contributed by atoms with van der Waals surface area (Å²) >= 11 is 0. The minimum atomic E-state index is -0.334. The van der Waals surface area contributed by atoms with Crippen LogP contribution in [0.3, 0.4) is 0 Å². The SMILES string of the molecule is COC(=O)c1ccc(-c2ccc3c(c2)CN([C@@H]2CCN(C4CCC4)C2)C3=O)cc1. The molecule has 0 N–H and O–H groups in total. The van der Waals surface area contributed by atoms with E-state index in [0.29, 0.717) is 18.2 Å². The maximum absolute atomic E-state index is 13.0. The second kappa shape index (κ2) is 7.30. The Bertz CT molecular complexity index is 949. The summed E-state index contributed by atoms with van der Waals surface area (Å²) in [5.74, 6) is -0.160. The van der Waals surface area contributed by atoms with E-state index in [4.69, 9.17) is 4.74 Å². The fraction of sp³-hybridized carbons (Fsp3) is 0.417. The fourth-order valence-electron chi connectivity index (χ4n) is 4.84. The van der Waals surface area contributed by atoms with Crippen molar-refractivity contribution in [2.45, 2.75) is 44.3 Å². The van der Waals surface area contributed by atoms with Crippen LogP contribution in [-0.4, -0.2) is 54.0 Å². The van der Waals surface area contributed by atoms with Crippen LogP contribution in [0.5, 0.6) is 0 Å². The van der Waals surface area contributed by atoms with Crippen molar-refractivity contribution in [1.82, 2.24) is 9.80 Å². The van der Waals surface area contributed by atoms with Crippen LogP contribution in [0.25, 0.3) is 11.1 Å². The molecule has 1 saturated heterocycles. The van der Waals surface area contributed by atoms with Gasteiger partial charge in [-0.05, 0) is 60.2 Å². The van der Waals surface area contributed by atoms with Gasteiger partial charge in [0.1, 0.15) is 0 Å². The number of hydrogen-bond acceptors (Lipinski definition) is 4. The second-order valence-electron chi connectivity index (χ2n) is 8.40. The van der Waals surface area contributed by atoms with Crippen molar-refractivity contribution in [3.05, 3.63) is 59.2 Å². The number of hydrogen-bond donors (Lipinski definition) is 0. The minimum Gasteiger partial charge on any atom is -0.465 e. The van der Waals surface area contributed by atoms with E-state index in [2.05, 4.69) is 15.9 Å². The number of benzene rings is 2. The number of ether oxygens (including phenoxy) is 1. The first-order valence-corrected chi connectivity index (χ1v) is 10.5. The van der Waals surface area contributed by atoms with E-state index in [9.17, 15) is 9.59 Å². The quantitative estimate of drug-likeness (QED) is 0.747. The van der Waals surface area contributed by atoms with Crippen LogP contribution in [-0.2, 0) is 11.3 Å². The van der Waals surface area contributed by atoms with Crippen molar-refractivity contribution in [3.8, 4) is 11.1 Å². The molecule has 3 aliphatic rings. The molecule has 5 rings (SSSR count). The van der Waals surface area contributed by atoms with Crippen molar-refractivity contribution in [2.24, 2.45) is 0 Å². The number of amides is 1. The number of fused-ring (bicyclic) bond motifs is 1. The molecule has 2 heterocycles. The summed E-state index contributed by atoms with van der Waals surface area (Å²) in [5, 5.41) is 0. The van der Waals surface area contributed by atoms with Gasteiger partial charge in [-0.1, -0.05) is 24.6 Å². The van der Waals surface area contributed by atoms with Gasteiger partial charge < -0.3 is 9.64 Å². The van der Waals surface area contributed by atoms with Crippen LogP contribution in [0, 0.1) is 0 Å². The monoisotopic (exact) mass is 390 g/mol. The molecule has 2 fully saturated rings. The summed E-state index contributed by atoms with van der Waals surface area (Å²) in [6.07, 6.45) is 5.07. The Morgan fingerprint density at radius 3 is 2.45 bits per heavy atom. The molecule has 2 aliphatic heterocycles. The molecule has 1 amide bonds. The van der Waals surface area contributed by atoms with Gasteiger partial charge in [0.25, 0.3) is 5.91 Å². The highest BCUT2D eigenvalue weighted by molar-refractivity contribution is 5.99. The largest absolute Gasteiger partial charge is 0.465 e. The standard InChI is InChI=1S/C24H26N2O3/c1-29-24(28)17-7-5-16(6-8-17)18-9-10-22-19(13-18)14-26(23(22)27)21-11-12-25(15-21)20-3-2-4-20/h5-10,13,20-21H,2-4,11-12,14-15H2,1H3/t21-/m1/s1. The van der Waals surface area contributed by atoms with Crippen molar-refractivity contribution in [3.63, 3.8) is 0 Å². The molecular formula is C24H26N2O3. The summed E-state index contributed by atoms with van der Waals surface area (Å²) in [6.45, 7) is 2.84. The number of esters is 1. The lowest BCUT2D eigenvalue weighted by atomic mass is 9.92. The third-order valence-electron chi connectivity index (χ3n) is 6.80. The van der Waals surface area contributed by atoms with Crippen molar-refractivity contribution >= 4 is 11.9 Å². The van der Waals surface area contributed by atoms with E-state index in [1.807, 2.05) is 24.3 Å². The summed E-state index contributed by atoms with van der Waals surface area (Å²) in [6, 6.07) is 14.6. The zero-order valence-corrected chi connectivity index (χ0v) is 16.8. The molecule has 0 radical (unpaired) electrons. The maximum Gasteiger partial charge on any atom is 0.337 e. The zero-order valence-electron chi connectivity index (χ0n) is 16.8. The molecule has 1 aliphatic carbocycles. The van der Waals surface area contributed by atoms with Gasteiger partial charge in [0.05, 0.1) is 12.7 Å². The first kappa shape index (κ1) is 18.4. The number of rotatable bonds is 4. The molecule has 0 unspecified atom stereocenters. The topological polar surface area (TPSA) is 49.9 Å². The lowest BCUT2D eigenvalue weighted by Crippen LogP contribution is -2.42. The predicted octanol–water partition coefficient (Wildman–Crippen LogP) is 3.72. The van der Waals surface area contributed by atoms with E-state index < -0.39 is 0 Å². The van der Waals surface area contributed by atoms with Crippen molar-refractivity contribution < 1.29 is 14.3 Å². The average Bonchev–Trinajstić information content (AvgIpc) is 3.31. The molecule has 2 aromatic rings. The highest BCUT2D eigenvalue weighted by atomic mass is 16.5. The van der Waals surface area contributed by atoms with Crippen LogP contribution < -0.4 is 0 Å². The first-order valence-electron chi connectivity index (χ1n) is 10.5. The maximum atomic E-state index is 13.0. The Morgan fingerprint density at radius 2 is 1.76 bits per heavy atom. The van der Waals surface area contributed by atoms with Crippen LogP contribution in [0.4, 0.5) is 0 Å². The van der Waals surface area contributed by atoms with Gasteiger partial charge in [0.2, 0.25) is 0 Å². The molecule has 0 aromatic heterocycles. The van der Waals surface area contributed by atoms with Crippen molar-refractivity contribution in [2.75, 3.05) is 20.2 Å². The first-order chi connectivity index (χ1) is 14.1. The van der Waals surface area contributed by atoms with E-state index in [-0.39, 0.29) is 11.9 Å². The number of carbonyl (C=O) groups excluding carboxylic acids is 2. The number of likely N-dealkylation sites (tertiary alicyclic amines) is 1. The van der Waals surface area contributed by atoms with E-state index in [1.54, 1.807) is 12.1 Å². The molecule has 150 valence electrons. The minimum absolute atomic E-state index is 0.174. The number of methoxy groups -OCH3 is 1. The van der Waals surface area contributed by atoms with Gasteiger partial charge in [-0.15, -0.1) is 0 Å². The molecule has 1 atom stereocenters. The predicted molar refractivity (Wildman–Crippen MR) is 111 cm³/mol. The molecular weight excluding hydrogens is 364 g/mol. The van der Waals surface area contributed by atoms with E-state index >= 15 is 0 Å². The smallest absolute Gasteiger partial charge is 0.337 e. The molecule has 2 aromatic carbocycles. The van der Waals surface area contributed by atoms with Gasteiger partial charge in [0.15, 0.2) is 0 Å². The Balaban J connectivity index is 1.32. The van der Waals surface area contributed by atoms with Crippen LogP contribution in [0.15, 0.2) is 42.5 Å². The van der Waals surface area contributed by atoms with E-state index in [0.717, 1.165) is 47.8 Å². The Kier molecular flexibility index (Phi) is 4.63. The van der Waals surface area contributed by atoms with E-state index in [1.165, 1.54) is 26.4 Å². The van der Waals surface area contributed by atoms with Gasteiger partial charge in [-0.25, -0.2) is 4.79 Å². The normalized spacial score (nSPS) is 21.9. The summed E-state index contributed by atoms with van der Waals surface area (Å²) in [5.41, 5.74) is 4.57. The molecule has 29 heavy (non-hydrogen) atoms. The van der Waals surface area contributed by atoms with Gasteiger partial charge in [-0.3, -0.25) is 9.69 Å². The van der Waals surface area contributed by atoms with Crippen LogP contribution in [0.2, 0.25) is 0 Å². The lowest BCUT2D eigenvalue weighted by Gasteiger charge is -2.35. The van der Waals surface area contributed by atoms with Crippen molar-refractivity contribution in [1.29, 1.82) is 0 Å². The number of nitrogens with zero attached hydrogens (tertiary/aromatic N) is 2. The molecule has 0 bridgehead atoms. The Labute approximate surface area is 171 Å². The molecule has 0 spiro atoms. The van der Waals surface area contributed by atoms with Crippen LogP contribution in [0.1, 0.15) is 52.0 Å². The highest BCUT2D eigenvalue weighted by Crippen LogP contribution is 2.34. The summed E-state index contributed by atoms with van der Waals surface area (Å²) < 4.78 is 4.76. The molecule has 5 heteroatoms. The second-order valence-corrected chi connectivity index (χ2v) is 8.40. The molecule has 1 saturated carbocycles.